The van der Waals surface area contributed by atoms with Crippen molar-refractivity contribution in [1.82, 2.24) is 9.38 Å². The zero-order chi connectivity index (χ0) is 8.55. The highest BCUT2D eigenvalue weighted by molar-refractivity contribution is 9.10. The molecule has 62 valence electrons. The topological polar surface area (TPSA) is 43.3 Å². The predicted molar refractivity (Wildman–Crippen MR) is 50.8 cm³/mol. The molecule has 2 rings (SSSR count). The van der Waals surface area contributed by atoms with E-state index in [1.807, 2.05) is 22.7 Å². The van der Waals surface area contributed by atoms with Gasteiger partial charge in [-0.3, -0.25) is 4.40 Å². The Hall–Kier alpha value is -0.870. The van der Waals surface area contributed by atoms with E-state index in [1.165, 1.54) is 0 Å². The minimum Gasteiger partial charge on any atom is -0.326 e. The van der Waals surface area contributed by atoms with Gasteiger partial charge in [0.2, 0.25) is 0 Å². The van der Waals surface area contributed by atoms with Gasteiger partial charge in [0.05, 0.1) is 6.20 Å². The molecule has 0 unspecified atom stereocenters. The SMILES string of the molecule is NCc1cccn2c(Br)cnc12. The predicted octanol–water partition coefficient (Wildman–Crippen LogP) is 1.56. The van der Waals surface area contributed by atoms with Gasteiger partial charge in [-0.25, -0.2) is 4.98 Å². The Balaban J connectivity index is 2.81. The van der Waals surface area contributed by atoms with Crippen LogP contribution in [0.25, 0.3) is 5.65 Å². The highest BCUT2D eigenvalue weighted by Gasteiger charge is 2.02. The van der Waals surface area contributed by atoms with Crippen LogP contribution >= 0.6 is 15.9 Å². The van der Waals surface area contributed by atoms with Crippen LogP contribution in [0.1, 0.15) is 5.56 Å². The molecule has 0 aliphatic carbocycles. The number of pyridine rings is 1. The largest absolute Gasteiger partial charge is 0.326 e. The van der Waals surface area contributed by atoms with E-state index in [4.69, 9.17) is 5.73 Å². The summed E-state index contributed by atoms with van der Waals surface area (Å²) in [5, 5.41) is 0. The number of imidazole rings is 1. The number of halogens is 1. The van der Waals surface area contributed by atoms with Gasteiger partial charge in [-0.05, 0) is 22.0 Å². The second-order valence-electron chi connectivity index (χ2n) is 2.51. The summed E-state index contributed by atoms with van der Waals surface area (Å²) >= 11 is 3.39. The number of hydrogen-bond donors (Lipinski definition) is 1. The maximum Gasteiger partial charge on any atom is 0.142 e. The van der Waals surface area contributed by atoms with Crippen molar-refractivity contribution < 1.29 is 0 Å². The molecule has 0 saturated carbocycles. The van der Waals surface area contributed by atoms with Crippen LogP contribution in [0, 0.1) is 0 Å². The number of rotatable bonds is 1. The Labute approximate surface area is 78.3 Å². The van der Waals surface area contributed by atoms with E-state index in [2.05, 4.69) is 20.9 Å². The van der Waals surface area contributed by atoms with Gasteiger partial charge < -0.3 is 5.73 Å². The summed E-state index contributed by atoms with van der Waals surface area (Å²) in [5.74, 6) is 0. The second kappa shape index (κ2) is 2.88. The van der Waals surface area contributed by atoms with E-state index >= 15 is 0 Å². The first kappa shape index (κ1) is 7.76. The molecule has 0 fully saturated rings. The van der Waals surface area contributed by atoms with Gasteiger partial charge in [-0.2, -0.15) is 0 Å². The molecule has 0 saturated heterocycles. The highest BCUT2D eigenvalue weighted by atomic mass is 79.9. The molecule has 0 aliphatic rings. The molecule has 0 bridgehead atoms. The summed E-state index contributed by atoms with van der Waals surface area (Å²) in [5.41, 5.74) is 7.54. The molecule has 12 heavy (non-hydrogen) atoms. The first-order chi connectivity index (χ1) is 5.83. The summed E-state index contributed by atoms with van der Waals surface area (Å²) in [6, 6.07) is 3.94. The Kier molecular flexibility index (Phi) is 1.86. The molecule has 0 atom stereocenters. The molecular weight excluding hydrogens is 218 g/mol. The van der Waals surface area contributed by atoms with E-state index in [0.717, 1.165) is 15.8 Å². The Morgan fingerprint density at radius 1 is 1.58 bits per heavy atom. The van der Waals surface area contributed by atoms with Crippen molar-refractivity contribution >= 4 is 21.6 Å². The third-order valence-corrected chi connectivity index (χ3v) is 2.38. The van der Waals surface area contributed by atoms with Gasteiger partial charge in [-0.15, -0.1) is 0 Å². The summed E-state index contributed by atoms with van der Waals surface area (Å²) in [4.78, 5) is 4.23. The molecule has 4 heteroatoms. The molecule has 2 aromatic rings. The van der Waals surface area contributed by atoms with Gasteiger partial charge >= 0.3 is 0 Å². The van der Waals surface area contributed by atoms with E-state index in [0.29, 0.717) is 6.54 Å². The number of hydrogen-bond acceptors (Lipinski definition) is 2. The van der Waals surface area contributed by atoms with Crippen molar-refractivity contribution in [3.8, 4) is 0 Å². The zero-order valence-corrected chi connectivity index (χ0v) is 7.95. The van der Waals surface area contributed by atoms with Crippen molar-refractivity contribution in [1.29, 1.82) is 0 Å². The molecule has 2 aromatic heterocycles. The summed E-state index contributed by atoms with van der Waals surface area (Å²) in [7, 11) is 0. The molecule has 0 aromatic carbocycles. The minimum absolute atomic E-state index is 0.522. The smallest absolute Gasteiger partial charge is 0.142 e. The van der Waals surface area contributed by atoms with Crippen molar-refractivity contribution in [2.45, 2.75) is 6.54 Å². The number of fused-ring (bicyclic) bond motifs is 1. The minimum atomic E-state index is 0.522. The Bertz CT molecular complexity index is 408. The summed E-state index contributed by atoms with van der Waals surface area (Å²) < 4.78 is 2.91. The van der Waals surface area contributed by atoms with Crippen molar-refractivity contribution in [2.24, 2.45) is 5.73 Å². The van der Waals surface area contributed by atoms with Gasteiger partial charge in [0, 0.05) is 18.3 Å². The lowest BCUT2D eigenvalue weighted by Gasteiger charge is -1.99. The lowest BCUT2D eigenvalue weighted by Crippen LogP contribution is -1.99. The summed E-state index contributed by atoms with van der Waals surface area (Å²) in [6.07, 6.45) is 3.72. The van der Waals surface area contributed by atoms with Crippen LogP contribution in [0.15, 0.2) is 29.1 Å². The van der Waals surface area contributed by atoms with Crippen LogP contribution in [-0.4, -0.2) is 9.38 Å². The fraction of sp³-hybridized carbons (Fsp3) is 0.125. The van der Waals surface area contributed by atoms with E-state index in [1.54, 1.807) is 6.20 Å². The molecule has 0 aliphatic heterocycles. The zero-order valence-electron chi connectivity index (χ0n) is 6.37. The number of nitrogens with two attached hydrogens (primary N) is 1. The maximum absolute atomic E-state index is 5.56. The van der Waals surface area contributed by atoms with Crippen molar-refractivity contribution in [3.63, 3.8) is 0 Å². The van der Waals surface area contributed by atoms with Crippen molar-refractivity contribution in [3.05, 3.63) is 34.7 Å². The molecule has 0 spiro atoms. The van der Waals surface area contributed by atoms with Gasteiger partial charge in [0.1, 0.15) is 10.3 Å². The van der Waals surface area contributed by atoms with Crippen LogP contribution < -0.4 is 5.73 Å². The first-order valence-corrected chi connectivity index (χ1v) is 4.43. The molecule has 0 radical (unpaired) electrons. The van der Waals surface area contributed by atoms with Crippen molar-refractivity contribution in [2.75, 3.05) is 0 Å². The summed E-state index contributed by atoms with van der Waals surface area (Å²) in [6.45, 7) is 0.522. The normalized spacial score (nSPS) is 10.8. The monoisotopic (exact) mass is 225 g/mol. The van der Waals surface area contributed by atoms with Crippen LogP contribution in [0.2, 0.25) is 0 Å². The standard InChI is InChI=1S/C8H8BrN3/c9-7-5-11-8-6(4-10)2-1-3-12(7)8/h1-3,5H,4,10H2. The fourth-order valence-corrected chi connectivity index (χ4v) is 1.59. The average molecular weight is 226 g/mol. The number of nitrogens with zero attached hydrogens (tertiary/aromatic N) is 2. The van der Waals surface area contributed by atoms with E-state index in [-0.39, 0.29) is 0 Å². The Morgan fingerprint density at radius 3 is 3.17 bits per heavy atom. The van der Waals surface area contributed by atoms with Crippen LogP contribution in [-0.2, 0) is 6.54 Å². The molecule has 3 nitrogen and oxygen atoms in total. The van der Waals surface area contributed by atoms with Gasteiger partial charge in [0.15, 0.2) is 0 Å². The highest BCUT2D eigenvalue weighted by Crippen LogP contribution is 2.15. The van der Waals surface area contributed by atoms with Crippen LogP contribution in [0.4, 0.5) is 0 Å². The lowest BCUT2D eigenvalue weighted by atomic mass is 10.3. The lowest BCUT2D eigenvalue weighted by molar-refractivity contribution is 1.04. The Morgan fingerprint density at radius 2 is 2.42 bits per heavy atom. The van der Waals surface area contributed by atoms with Gasteiger partial charge in [-0.1, -0.05) is 6.07 Å². The molecule has 2 heterocycles. The fourth-order valence-electron chi connectivity index (χ4n) is 1.20. The van der Waals surface area contributed by atoms with Gasteiger partial charge in [0.25, 0.3) is 0 Å². The molecule has 0 amide bonds. The maximum atomic E-state index is 5.56. The third kappa shape index (κ3) is 1.04. The third-order valence-electron chi connectivity index (χ3n) is 1.79. The second-order valence-corrected chi connectivity index (χ2v) is 3.32. The number of aromatic nitrogens is 2. The first-order valence-electron chi connectivity index (χ1n) is 3.63. The average Bonchev–Trinajstić information content (AvgIpc) is 2.48. The van der Waals surface area contributed by atoms with E-state index in [9.17, 15) is 0 Å². The quantitative estimate of drug-likeness (QED) is 0.801. The van der Waals surface area contributed by atoms with Crippen LogP contribution in [0.3, 0.4) is 0 Å². The molecule has 2 N–H and O–H groups in total. The van der Waals surface area contributed by atoms with Crippen LogP contribution in [0.5, 0.6) is 0 Å². The molecular formula is C8H8BrN3. The van der Waals surface area contributed by atoms with E-state index < -0.39 is 0 Å².